The molecule has 0 aromatic carbocycles. The van der Waals surface area contributed by atoms with Gasteiger partial charge in [0.25, 0.3) is 0 Å². The van der Waals surface area contributed by atoms with Crippen molar-refractivity contribution in [2.24, 2.45) is 0 Å². The third-order valence-electron chi connectivity index (χ3n) is 3.76. The smallest absolute Gasteiger partial charge is 0.104 e. The number of hydrogen-bond acceptors (Lipinski definition) is 2. The highest BCUT2D eigenvalue weighted by atomic mass is 28.3. The SMILES string of the molecule is CC(C)(C)[Si](C)(C)[C@@]1(CO)CO1. The van der Waals surface area contributed by atoms with Crippen LogP contribution in [0.2, 0.25) is 18.1 Å². The monoisotopic (exact) mass is 188 g/mol. The number of aliphatic hydroxyl groups is 1. The van der Waals surface area contributed by atoms with Gasteiger partial charge >= 0.3 is 0 Å². The second kappa shape index (κ2) is 2.56. The van der Waals surface area contributed by atoms with Gasteiger partial charge in [0.1, 0.15) is 5.22 Å². The Balaban J connectivity index is 2.85. The Morgan fingerprint density at radius 2 is 1.83 bits per heavy atom. The lowest BCUT2D eigenvalue weighted by Crippen LogP contribution is -2.54. The molecule has 0 aromatic rings. The molecule has 0 radical (unpaired) electrons. The third kappa shape index (κ3) is 1.24. The van der Waals surface area contributed by atoms with Crippen LogP contribution in [0, 0.1) is 0 Å². The zero-order valence-electron chi connectivity index (χ0n) is 8.77. The molecule has 1 rings (SSSR count). The molecular weight excluding hydrogens is 168 g/mol. The highest BCUT2D eigenvalue weighted by Gasteiger charge is 2.61. The molecule has 3 heteroatoms. The second-order valence-electron chi connectivity index (χ2n) is 5.32. The van der Waals surface area contributed by atoms with Gasteiger partial charge in [-0.3, -0.25) is 0 Å². The van der Waals surface area contributed by atoms with Gasteiger partial charge in [0.15, 0.2) is 0 Å². The molecule has 1 heterocycles. The molecule has 0 amide bonds. The van der Waals surface area contributed by atoms with Crippen molar-refractivity contribution in [2.45, 2.75) is 44.1 Å². The molecule has 1 fully saturated rings. The van der Waals surface area contributed by atoms with E-state index in [4.69, 9.17) is 4.74 Å². The molecule has 0 bridgehead atoms. The third-order valence-corrected chi connectivity index (χ3v) is 10.2. The number of hydrogen-bond donors (Lipinski definition) is 1. The van der Waals surface area contributed by atoms with Crippen molar-refractivity contribution in [1.82, 2.24) is 0 Å². The largest absolute Gasteiger partial charge is 0.394 e. The molecule has 1 aliphatic rings. The Morgan fingerprint density at radius 3 is 1.92 bits per heavy atom. The van der Waals surface area contributed by atoms with Gasteiger partial charge in [-0.1, -0.05) is 33.9 Å². The van der Waals surface area contributed by atoms with E-state index in [1.807, 2.05) is 0 Å². The number of epoxide rings is 1. The Hall–Kier alpha value is 0.137. The Labute approximate surface area is 75.9 Å². The summed E-state index contributed by atoms with van der Waals surface area (Å²) in [5.74, 6) is 0. The fraction of sp³-hybridized carbons (Fsp3) is 1.00. The zero-order valence-corrected chi connectivity index (χ0v) is 9.77. The second-order valence-corrected chi connectivity index (χ2v) is 11.0. The maximum Gasteiger partial charge on any atom is 0.104 e. The van der Waals surface area contributed by atoms with Crippen LogP contribution in [-0.4, -0.2) is 31.6 Å². The van der Waals surface area contributed by atoms with Crippen LogP contribution in [0.4, 0.5) is 0 Å². The van der Waals surface area contributed by atoms with Gasteiger partial charge in [-0.2, -0.15) is 0 Å². The molecule has 0 aliphatic carbocycles. The lowest BCUT2D eigenvalue weighted by atomic mass is 10.2. The van der Waals surface area contributed by atoms with Crippen LogP contribution in [0.3, 0.4) is 0 Å². The summed E-state index contributed by atoms with van der Waals surface area (Å²) in [7, 11) is -1.49. The molecule has 0 spiro atoms. The fourth-order valence-corrected chi connectivity index (χ4v) is 3.98. The van der Waals surface area contributed by atoms with Gasteiger partial charge in [0.2, 0.25) is 0 Å². The van der Waals surface area contributed by atoms with Crippen LogP contribution < -0.4 is 0 Å². The molecule has 2 nitrogen and oxygen atoms in total. The lowest BCUT2D eigenvalue weighted by molar-refractivity contribution is 0.212. The van der Waals surface area contributed by atoms with Gasteiger partial charge in [-0.25, -0.2) is 0 Å². The van der Waals surface area contributed by atoms with Crippen LogP contribution in [-0.2, 0) is 4.74 Å². The van der Waals surface area contributed by atoms with E-state index in [9.17, 15) is 5.11 Å². The zero-order chi connectivity index (χ0) is 9.62. The highest BCUT2D eigenvalue weighted by Crippen LogP contribution is 2.49. The van der Waals surface area contributed by atoms with Crippen molar-refractivity contribution in [3.63, 3.8) is 0 Å². The van der Waals surface area contributed by atoms with Gasteiger partial charge in [0.05, 0.1) is 21.3 Å². The minimum Gasteiger partial charge on any atom is -0.394 e. The van der Waals surface area contributed by atoms with Gasteiger partial charge < -0.3 is 9.84 Å². The predicted molar refractivity (Wildman–Crippen MR) is 53.0 cm³/mol. The van der Waals surface area contributed by atoms with Crippen molar-refractivity contribution >= 4 is 8.07 Å². The van der Waals surface area contributed by atoms with Crippen molar-refractivity contribution in [3.8, 4) is 0 Å². The van der Waals surface area contributed by atoms with Crippen molar-refractivity contribution in [3.05, 3.63) is 0 Å². The molecule has 1 atom stereocenters. The Morgan fingerprint density at radius 1 is 1.42 bits per heavy atom. The minimum atomic E-state index is -1.49. The quantitative estimate of drug-likeness (QED) is 0.529. The van der Waals surface area contributed by atoms with E-state index in [-0.39, 0.29) is 11.8 Å². The first-order chi connectivity index (χ1) is 5.27. The predicted octanol–water partition coefficient (Wildman–Crippen LogP) is 1.80. The van der Waals surface area contributed by atoms with E-state index in [1.54, 1.807) is 0 Å². The maximum atomic E-state index is 9.27. The summed E-state index contributed by atoms with van der Waals surface area (Å²) in [5, 5.41) is 9.43. The molecule has 1 N–H and O–H groups in total. The van der Waals surface area contributed by atoms with Crippen LogP contribution >= 0.6 is 0 Å². The molecule has 0 unspecified atom stereocenters. The Bertz CT molecular complexity index is 177. The van der Waals surface area contributed by atoms with Crippen LogP contribution in [0.15, 0.2) is 0 Å². The number of aliphatic hydroxyl groups excluding tert-OH is 1. The lowest BCUT2D eigenvalue weighted by Gasteiger charge is -2.40. The standard InChI is InChI=1S/C9H20O2Si/c1-8(2,3)12(4,5)9(6-10)7-11-9/h10H,6-7H2,1-5H3/t9-/m0/s1. The molecule has 1 aliphatic heterocycles. The highest BCUT2D eigenvalue weighted by molar-refractivity contribution is 6.83. The molecule has 12 heavy (non-hydrogen) atoms. The molecule has 1 saturated heterocycles. The average molecular weight is 188 g/mol. The number of ether oxygens (including phenoxy) is 1. The molecular formula is C9H20O2Si. The molecule has 0 aromatic heterocycles. The Kier molecular flexibility index (Phi) is 2.18. The fourth-order valence-electron chi connectivity index (χ4n) is 1.42. The maximum absolute atomic E-state index is 9.27. The van der Waals surface area contributed by atoms with Crippen LogP contribution in [0.1, 0.15) is 20.8 Å². The number of rotatable bonds is 2. The summed E-state index contributed by atoms with van der Waals surface area (Å²) in [6.07, 6.45) is 0. The summed E-state index contributed by atoms with van der Waals surface area (Å²) >= 11 is 0. The van der Waals surface area contributed by atoms with E-state index < -0.39 is 8.07 Å². The normalized spacial score (nSPS) is 30.5. The van der Waals surface area contributed by atoms with Crippen molar-refractivity contribution in [1.29, 1.82) is 0 Å². The van der Waals surface area contributed by atoms with Gasteiger partial charge in [-0.05, 0) is 5.04 Å². The molecule has 0 saturated carbocycles. The average Bonchev–Trinajstić information content (AvgIpc) is 2.64. The van der Waals surface area contributed by atoms with Crippen molar-refractivity contribution in [2.75, 3.05) is 13.2 Å². The summed E-state index contributed by atoms with van der Waals surface area (Å²) in [6, 6.07) is 0. The van der Waals surface area contributed by atoms with E-state index in [0.717, 1.165) is 6.61 Å². The minimum absolute atomic E-state index is 0.134. The van der Waals surface area contributed by atoms with E-state index in [2.05, 4.69) is 33.9 Å². The molecule has 72 valence electrons. The topological polar surface area (TPSA) is 32.8 Å². The summed E-state index contributed by atoms with van der Waals surface area (Å²) in [6.45, 7) is 12.3. The first-order valence-corrected chi connectivity index (χ1v) is 7.52. The van der Waals surface area contributed by atoms with Crippen LogP contribution in [0.25, 0.3) is 0 Å². The van der Waals surface area contributed by atoms with E-state index in [0.29, 0.717) is 5.04 Å². The van der Waals surface area contributed by atoms with E-state index >= 15 is 0 Å². The van der Waals surface area contributed by atoms with Crippen molar-refractivity contribution < 1.29 is 9.84 Å². The first-order valence-electron chi connectivity index (χ1n) is 4.52. The summed E-state index contributed by atoms with van der Waals surface area (Å²) in [4.78, 5) is 0. The van der Waals surface area contributed by atoms with Crippen LogP contribution in [0.5, 0.6) is 0 Å². The summed E-state index contributed by atoms with van der Waals surface area (Å²) < 4.78 is 5.45. The van der Waals surface area contributed by atoms with Gasteiger partial charge in [0, 0.05) is 0 Å². The van der Waals surface area contributed by atoms with E-state index in [1.165, 1.54) is 0 Å². The first kappa shape index (κ1) is 10.2. The summed E-state index contributed by atoms with van der Waals surface area (Å²) in [5.41, 5.74) is 0. The van der Waals surface area contributed by atoms with Gasteiger partial charge in [-0.15, -0.1) is 0 Å².